The van der Waals surface area contributed by atoms with Crippen LogP contribution in [0.2, 0.25) is 0 Å². The predicted octanol–water partition coefficient (Wildman–Crippen LogP) is 2.43. The molecule has 2 aromatic heterocycles. The molecule has 2 rings (SSSR count). The summed E-state index contributed by atoms with van der Waals surface area (Å²) in [6.45, 7) is 10.5. The lowest BCUT2D eigenvalue weighted by molar-refractivity contribution is 0.379. The van der Waals surface area contributed by atoms with Gasteiger partial charge in [0.2, 0.25) is 5.89 Å². The normalized spacial score (nSPS) is 11.5. The number of aryl methyl sites for hydroxylation is 1. The van der Waals surface area contributed by atoms with Gasteiger partial charge in [-0.25, -0.2) is 9.97 Å². The molecule has 2 heterocycles. The number of aromatic nitrogens is 4. The minimum atomic E-state index is -0.128. The second-order valence-electron chi connectivity index (χ2n) is 5.96. The first-order valence-electron chi connectivity index (χ1n) is 6.91. The zero-order valence-electron chi connectivity index (χ0n) is 13.4. The van der Waals surface area contributed by atoms with Crippen LogP contribution in [0.5, 0.6) is 0 Å². The minimum Gasteiger partial charge on any atom is -0.373 e. The Labute approximate surface area is 124 Å². The van der Waals surface area contributed by atoms with Crippen molar-refractivity contribution in [3.05, 3.63) is 23.1 Å². The molecule has 0 aliphatic rings. The van der Waals surface area contributed by atoms with E-state index in [0.717, 1.165) is 23.0 Å². The number of hydrogen-bond acceptors (Lipinski definition) is 7. The molecule has 0 aliphatic heterocycles. The van der Waals surface area contributed by atoms with Crippen LogP contribution in [0.1, 0.15) is 43.9 Å². The van der Waals surface area contributed by atoms with Crippen molar-refractivity contribution in [2.24, 2.45) is 0 Å². The monoisotopic (exact) mass is 290 g/mol. The first-order chi connectivity index (χ1) is 9.81. The van der Waals surface area contributed by atoms with Crippen molar-refractivity contribution in [3.63, 3.8) is 0 Å². The van der Waals surface area contributed by atoms with Crippen molar-refractivity contribution in [1.82, 2.24) is 20.1 Å². The van der Waals surface area contributed by atoms with Gasteiger partial charge in [0, 0.05) is 18.0 Å². The SMILES string of the molecule is CNc1nc(C(C)(C)C)nc(NCc2nc(C)no2)c1C. The van der Waals surface area contributed by atoms with Gasteiger partial charge in [0.1, 0.15) is 17.5 Å². The van der Waals surface area contributed by atoms with Gasteiger partial charge in [-0.15, -0.1) is 0 Å². The molecule has 0 spiro atoms. The summed E-state index contributed by atoms with van der Waals surface area (Å²) >= 11 is 0. The fourth-order valence-electron chi connectivity index (χ4n) is 1.84. The second-order valence-corrected chi connectivity index (χ2v) is 5.96. The molecule has 0 radical (unpaired) electrons. The van der Waals surface area contributed by atoms with Gasteiger partial charge in [-0.3, -0.25) is 0 Å². The second kappa shape index (κ2) is 5.67. The summed E-state index contributed by atoms with van der Waals surface area (Å²) < 4.78 is 5.10. The van der Waals surface area contributed by atoms with Gasteiger partial charge in [0.15, 0.2) is 5.82 Å². The summed E-state index contributed by atoms with van der Waals surface area (Å²) in [4.78, 5) is 13.4. The maximum absolute atomic E-state index is 5.10. The van der Waals surface area contributed by atoms with Crippen molar-refractivity contribution < 1.29 is 4.52 Å². The van der Waals surface area contributed by atoms with E-state index in [1.807, 2.05) is 14.0 Å². The molecule has 2 N–H and O–H groups in total. The zero-order chi connectivity index (χ0) is 15.6. The average Bonchev–Trinajstić information content (AvgIpc) is 2.82. The van der Waals surface area contributed by atoms with Crippen molar-refractivity contribution >= 4 is 11.6 Å². The highest BCUT2D eigenvalue weighted by molar-refractivity contribution is 5.57. The molecule has 0 saturated heterocycles. The summed E-state index contributed by atoms with van der Waals surface area (Å²) in [5, 5.41) is 10.1. The highest BCUT2D eigenvalue weighted by atomic mass is 16.5. The lowest BCUT2D eigenvalue weighted by Crippen LogP contribution is -2.19. The Morgan fingerprint density at radius 3 is 2.24 bits per heavy atom. The summed E-state index contributed by atoms with van der Waals surface area (Å²) in [7, 11) is 1.85. The van der Waals surface area contributed by atoms with E-state index in [4.69, 9.17) is 4.52 Å². The fourth-order valence-corrected chi connectivity index (χ4v) is 1.84. The Hall–Kier alpha value is -2.18. The van der Waals surface area contributed by atoms with Crippen LogP contribution in [0.3, 0.4) is 0 Å². The van der Waals surface area contributed by atoms with Crippen molar-refractivity contribution in [2.75, 3.05) is 17.7 Å². The largest absolute Gasteiger partial charge is 0.373 e. The number of rotatable bonds is 4. The molecule has 7 nitrogen and oxygen atoms in total. The van der Waals surface area contributed by atoms with Gasteiger partial charge in [-0.2, -0.15) is 4.98 Å². The Morgan fingerprint density at radius 1 is 1.05 bits per heavy atom. The smallest absolute Gasteiger partial charge is 0.245 e. The summed E-state index contributed by atoms with van der Waals surface area (Å²) in [5.74, 6) is 3.53. The number of hydrogen-bond donors (Lipinski definition) is 2. The standard InChI is InChI=1S/C14H22N6O/c1-8-11(15-6)18-13(14(3,4)5)19-12(8)16-7-10-17-9(2)20-21-10/h7H2,1-6H3,(H2,15,16,18,19). The van der Waals surface area contributed by atoms with Crippen LogP contribution >= 0.6 is 0 Å². The molecular formula is C14H22N6O. The molecule has 0 aliphatic carbocycles. The van der Waals surface area contributed by atoms with Crippen molar-refractivity contribution in [1.29, 1.82) is 0 Å². The number of anilines is 2. The Bertz CT molecular complexity index is 629. The van der Waals surface area contributed by atoms with E-state index < -0.39 is 0 Å². The van der Waals surface area contributed by atoms with Gasteiger partial charge in [-0.1, -0.05) is 25.9 Å². The molecule has 0 fully saturated rings. The van der Waals surface area contributed by atoms with Crippen LogP contribution in [-0.2, 0) is 12.0 Å². The molecule has 114 valence electrons. The minimum absolute atomic E-state index is 0.128. The quantitative estimate of drug-likeness (QED) is 0.893. The third-order valence-corrected chi connectivity index (χ3v) is 3.03. The molecule has 0 amide bonds. The lowest BCUT2D eigenvalue weighted by Gasteiger charge is -2.20. The topological polar surface area (TPSA) is 88.8 Å². The van der Waals surface area contributed by atoms with Crippen LogP contribution in [-0.4, -0.2) is 27.2 Å². The highest BCUT2D eigenvalue weighted by Gasteiger charge is 2.21. The lowest BCUT2D eigenvalue weighted by atomic mass is 9.95. The van der Waals surface area contributed by atoms with E-state index in [9.17, 15) is 0 Å². The van der Waals surface area contributed by atoms with Crippen LogP contribution in [0.25, 0.3) is 0 Å². The maximum atomic E-state index is 5.10. The number of nitrogens with one attached hydrogen (secondary N) is 2. The van der Waals surface area contributed by atoms with Gasteiger partial charge in [-0.05, 0) is 13.8 Å². The molecule has 7 heteroatoms. The maximum Gasteiger partial charge on any atom is 0.245 e. The fraction of sp³-hybridized carbons (Fsp3) is 0.571. The molecule has 0 aromatic carbocycles. The van der Waals surface area contributed by atoms with Crippen LogP contribution in [0.4, 0.5) is 11.6 Å². The molecule has 0 saturated carbocycles. The van der Waals surface area contributed by atoms with Crippen molar-refractivity contribution in [3.8, 4) is 0 Å². The first kappa shape index (κ1) is 15.2. The highest BCUT2D eigenvalue weighted by Crippen LogP contribution is 2.26. The van der Waals surface area contributed by atoms with Gasteiger partial charge >= 0.3 is 0 Å². The molecular weight excluding hydrogens is 268 g/mol. The summed E-state index contributed by atoms with van der Waals surface area (Å²) in [6.07, 6.45) is 0. The van der Waals surface area contributed by atoms with Gasteiger partial charge < -0.3 is 15.2 Å². The third kappa shape index (κ3) is 3.48. The van der Waals surface area contributed by atoms with E-state index >= 15 is 0 Å². The first-order valence-corrected chi connectivity index (χ1v) is 6.91. The predicted molar refractivity (Wildman–Crippen MR) is 81.4 cm³/mol. The Kier molecular flexibility index (Phi) is 4.11. The van der Waals surface area contributed by atoms with E-state index in [1.54, 1.807) is 6.92 Å². The van der Waals surface area contributed by atoms with E-state index in [2.05, 4.69) is 51.5 Å². The zero-order valence-corrected chi connectivity index (χ0v) is 13.4. The molecule has 21 heavy (non-hydrogen) atoms. The van der Waals surface area contributed by atoms with E-state index in [0.29, 0.717) is 18.3 Å². The Balaban J connectivity index is 2.28. The van der Waals surface area contributed by atoms with Gasteiger partial charge in [0.25, 0.3) is 0 Å². The molecule has 0 bridgehead atoms. The van der Waals surface area contributed by atoms with E-state index in [-0.39, 0.29) is 5.41 Å². The summed E-state index contributed by atoms with van der Waals surface area (Å²) in [5.41, 5.74) is 0.832. The molecule has 2 aromatic rings. The van der Waals surface area contributed by atoms with Crippen molar-refractivity contribution in [2.45, 2.75) is 46.6 Å². The molecule has 0 atom stereocenters. The number of nitrogens with zero attached hydrogens (tertiary/aromatic N) is 4. The van der Waals surface area contributed by atoms with Crippen LogP contribution < -0.4 is 10.6 Å². The van der Waals surface area contributed by atoms with Crippen LogP contribution in [0, 0.1) is 13.8 Å². The average molecular weight is 290 g/mol. The third-order valence-electron chi connectivity index (χ3n) is 3.03. The Morgan fingerprint density at radius 2 is 1.71 bits per heavy atom. The van der Waals surface area contributed by atoms with Crippen LogP contribution in [0.15, 0.2) is 4.52 Å². The molecule has 0 unspecified atom stereocenters. The summed E-state index contributed by atoms with van der Waals surface area (Å²) in [6, 6.07) is 0. The van der Waals surface area contributed by atoms with E-state index in [1.165, 1.54) is 0 Å². The van der Waals surface area contributed by atoms with Gasteiger partial charge in [0.05, 0.1) is 6.54 Å².